The smallest absolute Gasteiger partial charge is 0.114 e. The monoisotopic (exact) mass is 205 g/mol. The molecule has 1 aromatic heterocycles. The number of hydrogen-bond acceptors (Lipinski definition) is 3. The molecule has 0 spiro atoms. The van der Waals surface area contributed by atoms with Crippen LogP contribution in [0.4, 0.5) is 0 Å². The minimum Gasteiger partial charge on any atom is -0.234 e. The number of benzene rings is 1. The fourth-order valence-corrected chi connectivity index (χ4v) is 1.74. The summed E-state index contributed by atoms with van der Waals surface area (Å²) in [6, 6.07) is 10.3. The summed E-state index contributed by atoms with van der Waals surface area (Å²) < 4.78 is 1.90. The third-order valence-electron chi connectivity index (χ3n) is 1.97. The lowest BCUT2D eigenvalue weighted by molar-refractivity contribution is 0.604. The van der Waals surface area contributed by atoms with Crippen LogP contribution in [-0.4, -0.2) is 21.2 Å². The van der Waals surface area contributed by atoms with Gasteiger partial charge in [0.15, 0.2) is 0 Å². The summed E-state index contributed by atoms with van der Waals surface area (Å²) >= 11 is 1.66. The molecule has 0 aliphatic heterocycles. The van der Waals surface area contributed by atoms with Crippen LogP contribution in [-0.2, 0) is 6.54 Å². The average molecular weight is 205 g/mol. The van der Waals surface area contributed by atoms with Crippen molar-refractivity contribution in [3.63, 3.8) is 0 Å². The molecular weight excluding hydrogens is 194 g/mol. The van der Waals surface area contributed by atoms with E-state index in [0.717, 1.165) is 11.6 Å². The summed E-state index contributed by atoms with van der Waals surface area (Å²) in [4.78, 5) is 0. The van der Waals surface area contributed by atoms with Crippen molar-refractivity contribution >= 4 is 11.8 Å². The Hall–Kier alpha value is -1.29. The highest BCUT2D eigenvalue weighted by Crippen LogP contribution is 2.13. The van der Waals surface area contributed by atoms with Crippen molar-refractivity contribution in [2.45, 2.75) is 11.6 Å². The lowest BCUT2D eigenvalue weighted by atomic mass is 10.2. The van der Waals surface area contributed by atoms with Gasteiger partial charge in [-0.25, -0.2) is 4.68 Å². The Morgan fingerprint density at radius 3 is 2.79 bits per heavy atom. The van der Waals surface area contributed by atoms with E-state index in [1.807, 2.05) is 29.1 Å². The molecule has 0 fully saturated rings. The van der Waals surface area contributed by atoms with Gasteiger partial charge in [0.05, 0.1) is 12.7 Å². The summed E-state index contributed by atoms with van der Waals surface area (Å²) in [6.07, 6.45) is 3.81. The fourth-order valence-electron chi connectivity index (χ4n) is 1.27. The lowest BCUT2D eigenvalue weighted by Crippen LogP contribution is -2.02. The van der Waals surface area contributed by atoms with Crippen LogP contribution in [0, 0.1) is 0 Å². The normalized spacial score (nSPS) is 10.4. The SMILES string of the molecule is CSc1cnnn1Cc1ccccc1. The molecule has 72 valence electrons. The highest BCUT2D eigenvalue weighted by Gasteiger charge is 2.01. The van der Waals surface area contributed by atoms with Gasteiger partial charge in [-0.1, -0.05) is 35.5 Å². The molecular formula is C10H11N3S. The van der Waals surface area contributed by atoms with E-state index < -0.39 is 0 Å². The van der Waals surface area contributed by atoms with Crippen molar-refractivity contribution < 1.29 is 0 Å². The molecule has 0 saturated carbocycles. The maximum absolute atomic E-state index is 4.03. The largest absolute Gasteiger partial charge is 0.234 e. The zero-order valence-corrected chi connectivity index (χ0v) is 8.74. The summed E-state index contributed by atoms with van der Waals surface area (Å²) in [5.74, 6) is 0. The Labute approximate surface area is 87.1 Å². The number of thioether (sulfide) groups is 1. The molecule has 2 aromatic rings. The van der Waals surface area contributed by atoms with Crippen LogP contribution in [0.1, 0.15) is 5.56 Å². The zero-order valence-electron chi connectivity index (χ0n) is 7.92. The highest BCUT2D eigenvalue weighted by atomic mass is 32.2. The number of rotatable bonds is 3. The molecule has 4 heteroatoms. The van der Waals surface area contributed by atoms with Crippen LogP contribution < -0.4 is 0 Å². The number of hydrogen-bond donors (Lipinski definition) is 0. The van der Waals surface area contributed by atoms with Crippen LogP contribution in [0.15, 0.2) is 41.6 Å². The molecule has 0 unspecified atom stereocenters. The van der Waals surface area contributed by atoms with Gasteiger partial charge >= 0.3 is 0 Å². The van der Waals surface area contributed by atoms with E-state index >= 15 is 0 Å². The molecule has 2 rings (SSSR count). The minimum absolute atomic E-state index is 0.789. The van der Waals surface area contributed by atoms with Crippen molar-refractivity contribution in [3.8, 4) is 0 Å². The Morgan fingerprint density at radius 2 is 2.07 bits per heavy atom. The average Bonchev–Trinajstić information content (AvgIpc) is 2.67. The first-order valence-corrected chi connectivity index (χ1v) is 5.59. The standard InChI is InChI=1S/C10H11N3S/c1-14-10-7-11-12-13(10)8-9-5-3-2-4-6-9/h2-7H,8H2,1H3. The predicted molar refractivity (Wildman–Crippen MR) is 57.3 cm³/mol. The zero-order chi connectivity index (χ0) is 9.80. The minimum atomic E-state index is 0.789. The molecule has 0 aliphatic carbocycles. The van der Waals surface area contributed by atoms with Crippen molar-refractivity contribution in [2.24, 2.45) is 0 Å². The van der Waals surface area contributed by atoms with Gasteiger partial charge in [-0.3, -0.25) is 0 Å². The predicted octanol–water partition coefficient (Wildman–Crippen LogP) is 2.05. The second-order valence-electron chi connectivity index (χ2n) is 2.92. The van der Waals surface area contributed by atoms with Crippen LogP contribution in [0.25, 0.3) is 0 Å². The van der Waals surface area contributed by atoms with Crippen LogP contribution >= 0.6 is 11.8 Å². The van der Waals surface area contributed by atoms with E-state index in [2.05, 4.69) is 22.4 Å². The first-order chi connectivity index (χ1) is 6.90. The van der Waals surface area contributed by atoms with Crippen LogP contribution in [0.2, 0.25) is 0 Å². The van der Waals surface area contributed by atoms with Crippen LogP contribution in [0.3, 0.4) is 0 Å². The van der Waals surface area contributed by atoms with E-state index in [4.69, 9.17) is 0 Å². The van der Waals surface area contributed by atoms with Gasteiger partial charge < -0.3 is 0 Å². The second kappa shape index (κ2) is 4.28. The number of nitrogens with zero attached hydrogens (tertiary/aromatic N) is 3. The van der Waals surface area contributed by atoms with Crippen LogP contribution in [0.5, 0.6) is 0 Å². The Balaban J connectivity index is 2.19. The Bertz CT molecular complexity index is 397. The van der Waals surface area contributed by atoms with E-state index in [-0.39, 0.29) is 0 Å². The first-order valence-electron chi connectivity index (χ1n) is 4.36. The summed E-state index contributed by atoms with van der Waals surface area (Å²) in [6.45, 7) is 0.789. The molecule has 0 bridgehead atoms. The third kappa shape index (κ3) is 1.96. The molecule has 0 aliphatic rings. The summed E-state index contributed by atoms with van der Waals surface area (Å²) in [5.41, 5.74) is 1.24. The molecule has 14 heavy (non-hydrogen) atoms. The van der Waals surface area contributed by atoms with E-state index in [9.17, 15) is 0 Å². The Kier molecular flexibility index (Phi) is 2.84. The first kappa shape index (κ1) is 9.27. The van der Waals surface area contributed by atoms with Crippen molar-refractivity contribution in [3.05, 3.63) is 42.1 Å². The molecule has 0 atom stereocenters. The fraction of sp³-hybridized carbons (Fsp3) is 0.200. The van der Waals surface area contributed by atoms with Gasteiger partial charge in [-0.15, -0.1) is 16.9 Å². The van der Waals surface area contributed by atoms with E-state index in [1.54, 1.807) is 18.0 Å². The van der Waals surface area contributed by atoms with Gasteiger partial charge in [0.1, 0.15) is 5.03 Å². The second-order valence-corrected chi connectivity index (χ2v) is 3.75. The van der Waals surface area contributed by atoms with Gasteiger partial charge in [0, 0.05) is 0 Å². The maximum atomic E-state index is 4.03. The van der Waals surface area contributed by atoms with E-state index in [0.29, 0.717) is 0 Å². The topological polar surface area (TPSA) is 30.7 Å². The van der Waals surface area contributed by atoms with Gasteiger partial charge in [0.25, 0.3) is 0 Å². The molecule has 0 N–H and O–H groups in total. The maximum Gasteiger partial charge on any atom is 0.114 e. The lowest BCUT2D eigenvalue weighted by Gasteiger charge is -2.03. The third-order valence-corrected chi connectivity index (χ3v) is 2.70. The van der Waals surface area contributed by atoms with Crippen molar-refractivity contribution in [2.75, 3.05) is 6.26 Å². The highest BCUT2D eigenvalue weighted by molar-refractivity contribution is 7.98. The van der Waals surface area contributed by atoms with Gasteiger partial charge in [-0.2, -0.15) is 0 Å². The molecule has 1 aromatic carbocycles. The van der Waals surface area contributed by atoms with Gasteiger partial charge in [0.2, 0.25) is 0 Å². The molecule has 0 amide bonds. The number of aromatic nitrogens is 3. The molecule has 3 nitrogen and oxygen atoms in total. The summed E-state index contributed by atoms with van der Waals surface area (Å²) in [5, 5.41) is 9.00. The molecule has 0 saturated heterocycles. The van der Waals surface area contributed by atoms with Gasteiger partial charge in [-0.05, 0) is 11.8 Å². The molecule has 1 heterocycles. The molecule has 0 radical (unpaired) electrons. The van der Waals surface area contributed by atoms with E-state index in [1.165, 1.54) is 5.56 Å². The van der Waals surface area contributed by atoms with Crippen molar-refractivity contribution in [1.29, 1.82) is 0 Å². The quantitative estimate of drug-likeness (QED) is 0.718. The van der Waals surface area contributed by atoms with Crippen molar-refractivity contribution in [1.82, 2.24) is 15.0 Å². The Morgan fingerprint density at radius 1 is 1.29 bits per heavy atom. The summed E-state index contributed by atoms with van der Waals surface area (Å²) in [7, 11) is 0.